The highest BCUT2D eigenvalue weighted by Gasteiger charge is 2.23. The number of fused-ring (bicyclic) bond motifs is 1. The van der Waals surface area contributed by atoms with Crippen LogP contribution in [0.1, 0.15) is 49.9 Å². The molecule has 1 aromatic carbocycles. The number of nitrogens with zero attached hydrogens (tertiary/aromatic N) is 1. The van der Waals surface area contributed by atoms with E-state index in [9.17, 15) is 4.79 Å². The Labute approximate surface area is 104 Å². The van der Waals surface area contributed by atoms with Gasteiger partial charge in [0.2, 0.25) is 0 Å². The van der Waals surface area contributed by atoms with Gasteiger partial charge in [-0.1, -0.05) is 26.0 Å². The lowest BCUT2D eigenvalue weighted by Gasteiger charge is -2.32. The van der Waals surface area contributed by atoms with Gasteiger partial charge in [-0.25, -0.2) is 0 Å². The molecule has 0 bridgehead atoms. The Kier molecular flexibility index (Phi) is 3.82. The lowest BCUT2D eigenvalue weighted by molar-refractivity contribution is 0.0984. The van der Waals surface area contributed by atoms with Crippen LogP contribution in [0, 0.1) is 0 Å². The van der Waals surface area contributed by atoms with Crippen molar-refractivity contribution in [2.24, 2.45) is 0 Å². The summed E-state index contributed by atoms with van der Waals surface area (Å²) in [5.74, 6) is 0.300. The van der Waals surface area contributed by atoms with Gasteiger partial charge in [0.05, 0.1) is 0 Å². The fourth-order valence-corrected chi connectivity index (χ4v) is 2.73. The molecule has 2 rings (SSSR count). The van der Waals surface area contributed by atoms with Crippen molar-refractivity contribution in [1.29, 1.82) is 0 Å². The number of anilines is 1. The predicted octanol–water partition coefficient (Wildman–Crippen LogP) is 3.66. The van der Waals surface area contributed by atoms with E-state index in [1.807, 2.05) is 18.2 Å². The highest BCUT2D eigenvalue weighted by Crippen LogP contribution is 2.29. The largest absolute Gasteiger partial charge is 0.368 e. The predicted molar refractivity (Wildman–Crippen MR) is 71.7 cm³/mol. The number of hydrogen-bond acceptors (Lipinski definition) is 2. The Bertz CT molecular complexity index is 396. The Hall–Kier alpha value is -1.31. The lowest BCUT2D eigenvalue weighted by Crippen LogP contribution is -2.35. The zero-order valence-corrected chi connectivity index (χ0v) is 10.8. The van der Waals surface area contributed by atoms with Gasteiger partial charge in [-0.15, -0.1) is 0 Å². The van der Waals surface area contributed by atoms with E-state index in [4.69, 9.17) is 0 Å². The molecular formula is C15H21NO. The van der Waals surface area contributed by atoms with Crippen LogP contribution in [-0.2, 0) is 0 Å². The molecule has 0 atom stereocenters. The summed E-state index contributed by atoms with van der Waals surface area (Å²) < 4.78 is 0. The summed E-state index contributed by atoms with van der Waals surface area (Å²) in [4.78, 5) is 14.5. The van der Waals surface area contributed by atoms with Gasteiger partial charge in [0, 0.05) is 30.3 Å². The Morgan fingerprint density at radius 3 is 2.65 bits per heavy atom. The van der Waals surface area contributed by atoms with E-state index in [1.54, 1.807) is 0 Å². The van der Waals surface area contributed by atoms with Gasteiger partial charge in [0.25, 0.3) is 0 Å². The summed E-state index contributed by atoms with van der Waals surface area (Å²) in [6, 6.07) is 8.62. The number of hydrogen-bond donors (Lipinski definition) is 0. The van der Waals surface area contributed by atoms with Crippen LogP contribution in [0.15, 0.2) is 24.3 Å². The van der Waals surface area contributed by atoms with Gasteiger partial charge >= 0.3 is 0 Å². The Morgan fingerprint density at radius 2 is 1.94 bits per heavy atom. The van der Waals surface area contributed by atoms with Crippen molar-refractivity contribution in [3.8, 4) is 0 Å². The molecule has 0 spiro atoms. The second-order valence-electron chi connectivity index (χ2n) is 4.71. The number of para-hydroxylation sites is 1. The van der Waals surface area contributed by atoms with E-state index >= 15 is 0 Å². The molecule has 1 aromatic rings. The van der Waals surface area contributed by atoms with E-state index in [0.29, 0.717) is 18.2 Å². The van der Waals surface area contributed by atoms with Gasteiger partial charge in [0.15, 0.2) is 5.78 Å². The fourth-order valence-electron chi connectivity index (χ4n) is 2.73. The molecule has 0 fully saturated rings. The average molecular weight is 231 g/mol. The zero-order valence-electron chi connectivity index (χ0n) is 10.8. The summed E-state index contributed by atoms with van der Waals surface area (Å²) in [6.45, 7) is 5.46. The summed E-state index contributed by atoms with van der Waals surface area (Å²) in [5, 5.41) is 0. The maximum Gasteiger partial charge on any atom is 0.165 e. The summed E-state index contributed by atoms with van der Waals surface area (Å²) in [7, 11) is 0. The second-order valence-corrected chi connectivity index (χ2v) is 4.71. The molecular weight excluding hydrogens is 210 g/mol. The smallest absolute Gasteiger partial charge is 0.165 e. The normalized spacial score (nSPS) is 15.9. The molecule has 0 aromatic heterocycles. The van der Waals surface area contributed by atoms with Gasteiger partial charge in [0.1, 0.15) is 0 Å². The van der Waals surface area contributed by atoms with Crippen LogP contribution in [0.5, 0.6) is 0 Å². The molecule has 0 saturated heterocycles. The summed E-state index contributed by atoms with van der Waals surface area (Å²) in [6.07, 6.45) is 3.94. The van der Waals surface area contributed by atoms with Crippen LogP contribution in [0.4, 0.5) is 5.69 Å². The van der Waals surface area contributed by atoms with Crippen LogP contribution in [0.3, 0.4) is 0 Å². The lowest BCUT2D eigenvalue weighted by atomic mass is 10.0. The maximum absolute atomic E-state index is 12.0. The van der Waals surface area contributed by atoms with E-state index in [2.05, 4.69) is 24.8 Å². The highest BCUT2D eigenvalue weighted by molar-refractivity contribution is 6.02. The molecule has 1 aliphatic heterocycles. The minimum atomic E-state index is 0.300. The van der Waals surface area contributed by atoms with E-state index in [0.717, 1.165) is 37.1 Å². The Morgan fingerprint density at radius 1 is 1.24 bits per heavy atom. The number of ketones is 1. The molecule has 0 N–H and O–H groups in total. The molecule has 1 heterocycles. The van der Waals surface area contributed by atoms with Gasteiger partial charge in [-0.05, 0) is 31.4 Å². The first kappa shape index (κ1) is 12.2. The van der Waals surface area contributed by atoms with Crippen molar-refractivity contribution in [3.63, 3.8) is 0 Å². The minimum Gasteiger partial charge on any atom is -0.368 e. The van der Waals surface area contributed by atoms with Crippen molar-refractivity contribution >= 4 is 11.5 Å². The molecule has 0 unspecified atom stereocenters. The first-order chi connectivity index (χ1) is 8.27. The molecule has 0 amide bonds. The molecule has 92 valence electrons. The molecule has 2 nitrogen and oxygen atoms in total. The first-order valence-electron chi connectivity index (χ1n) is 6.66. The van der Waals surface area contributed by atoms with Gasteiger partial charge in [-0.2, -0.15) is 0 Å². The number of benzene rings is 1. The molecule has 17 heavy (non-hydrogen) atoms. The maximum atomic E-state index is 12.0. The van der Waals surface area contributed by atoms with Crippen LogP contribution in [-0.4, -0.2) is 18.4 Å². The number of rotatable bonds is 3. The average Bonchev–Trinajstić information content (AvgIpc) is 2.53. The van der Waals surface area contributed by atoms with Gasteiger partial charge in [-0.3, -0.25) is 4.79 Å². The fraction of sp³-hybridized carbons (Fsp3) is 0.533. The van der Waals surface area contributed by atoms with Gasteiger partial charge < -0.3 is 4.90 Å². The molecule has 0 aliphatic carbocycles. The van der Waals surface area contributed by atoms with Crippen molar-refractivity contribution in [1.82, 2.24) is 0 Å². The second kappa shape index (κ2) is 5.35. The first-order valence-corrected chi connectivity index (χ1v) is 6.66. The summed E-state index contributed by atoms with van der Waals surface area (Å²) >= 11 is 0. The summed E-state index contributed by atoms with van der Waals surface area (Å²) in [5.41, 5.74) is 2.06. The van der Waals surface area contributed by atoms with E-state index in [1.165, 1.54) is 0 Å². The highest BCUT2D eigenvalue weighted by atomic mass is 16.1. The number of Topliss-reactive ketones (excluding diaryl/α,β-unsaturated/α-hetero) is 1. The van der Waals surface area contributed by atoms with E-state index in [-0.39, 0.29) is 0 Å². The topological polar surface area (TPSA) is 20.3 Å². The number of carbonyl (C=O) groups is 1. The zero-order chi connectivity index (χ0) is 12.3. The van der Waals surface area contributed by atoms with Crippen LogP contribution >= 0.6 is 0 Å². The minimum absolute atomic E-state index is 0.300. The monoisotopic (exact) mass is 231 g/mol. The standard InChI is InChI=1S/C15H21NO/c1-3-12(4-2)16-11-7-10-15(17)13-8-5-6-9-14(13)16/h5-6,8-9,12H,3-4,7,10-11H2,1-2H3. The third kappa shape index (κ3) is 2.36. The van der Waals surface area contributed by atoms with Crippen LogP contribution in [0.25, 0.3) is 0 Å². The third-order valence-electron chi connectivity index (χ3n) is 3.70. The van der Waals surface area contributed by atoms with Crippen molar-refractivity contribution in [2.45, 2.75) is 45.6 Å². The van der Waals surface area contributed by atoms with E-state index < -0.39 is 0 Å². The van der Waals surface area contributed by atoms with Crippen molar-refractivity contribution in [3.05, 3.63) is 29.8 Å². The third-order valence-corrected chi connectivity index (χ3v) is 3.70. The van der Waals surface area contributed by atoms with Crippen molar-refractivity contribution < 1.29 is 4.79 Å². The molecule has 0 saturated carbocycles. The molecule has 2 heteroatoms. The molecule has 1 aliphatic rings. The quantitative estimate of drug-likeness (QED) is 0.791. The van der Waals surface area contributed by atoms with Crippen molar-refractivity contribution in [2.75, 3.05) is 11.4 Å². The van der Waals surface area contributed by atoms with Crippen LogP contribution < -0.4 is 4.90 Å². The SMILES string of the molecule is CCC(CC)N1CCCC(=O)c2ccccc21. The molecule has 0 radical (unpaired) electrons. The number of carbonyl (C=O) groups excluding carboxylic acids is 1. The Balaban J connectivity index is 2.41. The van der Waals surface area contributed by atoms with Crippen LogP contribution in [0.2, 0.25) is 0 Å².